The normalized spacial score (nSPS) is 16.4. The molecular weight excluding hydrogens is 181 g/mol. The van der Waals surface area contributed by atoms with Gasteiger partial charge in [-0.05, 0) is 31.0 Å². The summed E-state index contributed by atoms with van der Waals surface area (Å²) in [5.74, 6) is -0.417. The molecule has 1 heterocycles. The summed E-state index contributed by atoms with van der Waals surface area (Å²) in [5.41, 5.74) is 7.01. The van der Waals surface area contributed by atoms with Crippen LogP contribution in [-0.2, 0) is 0 Å². The van der Waals surface area contributed by atoms with E-state index >= 15 is 0 Å². The van der Waals surface area contributed by atoms with Crippen molar-refractivity contribution in [1.29, 1.82) is 0 Å². The molecule has 3 rings (SSSR count). The lowest BCUT2D eigenvalue weighted by atomic mass is 10.2. The van der Waals surface area contributed by atoms with E-state index in [2.05, 4.69) is 5.10 Å². The standard InChI is InChI=1S/C10H10FN3/c11-10-8-5-6(12)1-4-9(8)14(13-10)7-2-3-7/h1,4-5,7H,2-3,12H2. The van der Waals surface area contributed by atoms with Crippen LogP contribution in [-0.4, -0.2) is 9.78 Å². The molecule has 1 fully saturated rings. The first-order chi connectivity index (χ1) is 6.75. The number of aromatic nitrogens is 2. The molecule has 0 atom stereocenters. The summed E-state index contributed by atoms with van der Waals surface area (Å²) in [6.07, 6.45) is 2.20. The SMILES string of the molecule is Nc1ccc2c(c1)c(F)nn2C1CC1. The fourth-order valence-corrected chi connectivity index (χ4v) is 1.72. The van der Waals surface area contributed by atoms with Gasteiger partial charge in [0.15, 0.2) is 0 Å². The van der Waals surface area contributed by atoms with E-state index in [0.717, 1.165) is 18.4 Å². The van der Waals surface area contributed by atoms with E-state index in [1.54, 1.807) is 16.8 Å². The van der Waals surface area contributed by atoms with Gasteiger partial charge in [0.2, 0.25) is 5.95 Å². The van der Waals surface area contributed by atoms with Crippen LogP contribution in [0.3, 0.4) is 0 Å². The van der Waals surface area contributed by atoms with Crippen molar-refractivity contribution in [3.8, 4) is 0 Å². The van der Waals surface area contributed by atoms with Crippen LogP contribution < -0.4 is 5.73 Å². The number of fused-ring (bicyclic) bond motifs is 1. The quantitative estimate of drug-likeness (QED) is 0.701. The van der Waals surface area contributed by atoms with Gasteiger partial charge in [0, 0.05) is 5.69 Å². The fourth-order valence-electron chi connectivity index (χ4n) is 1.72. The molecule has 0 spiro atoms. The van der Waals surface area contributed by atoms with Gasteiger partial charge in [0.05, 0.1) is 16.9 Å². The number of halogens is 1. The first-order valence-electron chi connectivity index (χ1n) is 4.69. The lowest BCUT2D eigenvalue weighted by molar-refractivity contribution is 0.537. The van der Waals surface area contributed by atoms with Gasteiger partial charge in [0.1, 0.15) is 0 Å². The van der Waals surface area contributed by atoms with Crippen molar-refractivity contribution >= 4 is 16.6 Å². The zero-order valence-electron chi connectivity index (χ0n) is 7.57. The Labute approximate surface area is 80.3 Å². The first kappa shape index (κ1) is 7.79. The minimum Gasteiger partial charge on any atom is -0.399 e. The molecule has 0 saturated heterocycles. The van der Waals surface area contributed by atoms with Gasteiger partial charge in [-0.2, -0.15) is 4.39 Å². The van der Waals surface area contributed by atoms with Crippen LogP contribution in [0.25, 0.3) is 10.9 Å². The minimum absolute atomic E-state index is 0.394. The van der Waals surface area contributed by atoms with Crippen molar-refractivity contribution < 1.29 is 4.39 Å². The Morgan fingerprint density at radius 3 is 2.93 bits per heavy atom. The van der Waals surface area contributed by atoms with E-state index in [9.17, 15) is 4.39 Å². The first-order valence-corrected chi connectivity index (χ1v) is 4.69. The zero-order chi connectivity index (χ0) is 9.71. The molecule has 1 aliphatic rings. The summed E-state index contributed by atoms with van der Waals surface area (Å²) < 4.78 is 15.2. The second-order valence-electron chi connectivity index (χ2n) is 3.74. The van der Waals surface area contributed by atoms with Crippen molar-refractivity contribution in [2.24, 2.45) is 0 Å². The Balaban J connectivity index is 2.32. The van der Waals surface area contributed by atoms with Gasteiger partial charge in [-0.3, -0.25) is 4.68 Å². The molecule has 1 aromatic heterocycles. The number of hydrogen-bond acceptors (Lipinski definition) is 2. The molecule has 72 valence electrons. The van der Waals surface area contributed by atoms with Gasteiger partial charge in [-0.25, -0.2) is 0 Å². The maximum atomic E-state index is 13.4. The van der Waals surface area contributed by atoms with Crippen molar-refractivity contribution in [1.82, 2.24) is 9.78 Å². The monoisotopic (exact) mass is 191 g/mol. The topological polar surface area (TPSA) is 43.8 Å². The van der Waals surface area contributed by atoms with Crippen molar-refractivity contribution in [2.45, 2.75) is 18.9 Å². The highest BCUT2D eigenvalue weighted by molar-refractivity contribution is 5.82. The second kappa shape index (κ2) is 2.47. The average molecular weight is 191 g/mol. The molecule has 2 aromatic rings. The molecule has 0 bridgehead atoms. The number of nitrogen functional groups attached to an aromatic ring is 1. The van der Waals surface area contributed by atoms with Crippen LogP contribution in [0.4, 0.5) is 10.1 Å². The van der Waals surface area contributed by atoms with E-state index in [1.165, 1.54) is 0 Å². The minimum atomic E-state index is -0.417. The summed E-state index contributed by atoms with van der Waals surface area (Å²) in [6, 6.07) is 5.64. The predicted octanol–water partition coefficient (Wildman–Crippen LogP) is 2.09. The highest BCUT2D eigenvalue weighted by Crippen LogP contribution is 2.37. The summed E-state index contributed by atoms with van der Waals surface area (Å²) in [6.45, 7) is 0. The van der Waals surface area contributed by atoms with Crippen LogP contribution in [0.2, 0.25) is 0 Å². The number of rotatable bonds is 1. The van der Waals surface area contributed by atoms with Crippen LogP contribution >= 0.6 is 0 Å². The molecule has 0 unspecified atom stereocenters. The average Bonchev–Trinajstić information content (AvgIpc) is 2.94. The van der Waals surface area contributed by atoms with Crippen molar-refractivity contribution in [3.63, 3.8) is 0 Å². The van der Waals surface area contributed by atoms with Crippen LogP contribution in [0.15, 0.2) is 18.2 Å². The Hall–Kier alpha value is -1.58. The van der Waals surface area contributed by atoms with Gasteiger partial charge >= 0.3 is 0 Å². The molecule has 4 heteroatoms. The highest BCUT2D eigenvalue weighted by atomic mass is 19.1. The van der Waals surface area contributed by atoms with Gasteiger partial charge in [-0.1, -0.05) is 0 Å². The summed E-state index contributed by atoms with van der Waals surface area (Å²) in [4.78, 5) is 0. The van der Waals surface area contributed by atoms with Crippen LogP contribution in [0, 0.1) is 5.95 Å². The number of hydrogen-bond donors (Lipinski definition) is 1. The van der Waals surface area contributed by atoms with E-state index in [0.29, 0.717) is 17.1 Å². The largest absolute Gasteiger partial charge is 0.399 e. The predicted molar refractivity (Wildman–Crippen MR) is 52.4 cm³/mol. The molecular formula is C10H10FN3. The van der Waals surface area contributed by atoms with E-state index in [4.69, 9.17) is 5.73 Å². The summed E-state index contributed by atoms with van der Waals surface area (Å²) in [7, 11) is 0. The zero-order valence-corrected chi connectivity index (χ0v) is 7.57. The van der Waals surface area contributed by atoms with Crippen molar-refractivity contribution in [3.05, 3.63) is 24.1 Å². The van der Waals surface area contributed by atoms with Gasteiger partial charge in [0.25, 0.3) is 0 Å². The molecule has 0 radical (unpaired) electrons. The molecule has 14 heavy (non-hydrogen) atoms. The highest BCUT2D eigenvalue weighted by Gasteiger charge is 2.27. The molecule has 1 aliphatic carbocycles. The molecule has 0 aliphatic heterocycles. The van der Waals surface area contributed by atoms with E-state index in [-0.39, 0.29) is 0 Å². The maximum Gasteiger partial charge on any atom is 0.240 e. The van der Waals surface area contributed by atoms with Crippen LogP contribution in [0.1, 0.15) is 18.9 Å². The lowest BCUT2D eigenvalue weighted by Gasteiger charge is -1.99. The Morgan fingerprint density at radius 2 is 2.21 bits per heavy atom. The summed E-state index contributed by atoms with van der Waals surface area (Å²) >= 11 is 0. The number of benzene rings is 1. The molecule has 1 saturated carbocycles. The maximum absolute atomic E-state index is 13.4. The van der Waals surface area contributed by atoms with Gasteiger partial charge in [-0.15, -0.1) is 5.10 Å². The number of anilines is 1. The smallest absolute Gasteiger partial charge is 0.240 e. The Morgan fingerprint density at radius 1 is 1.43 bits per heavy atom. The third-order valence-electron chi connectivity index (χ3n) is 2.58. The lowest BCUT2D eigenvalue weighted by Crippen LogP contribution is -1.95. The fraction of sp³-hybridized carbons (Fsp3) is 0.300. The molecule has 3 nitrogen and oxygen atoms in total. The third-order valence-corrected chi connectivity index (χ3v) is 2.58. The Bertz CT molecular complexity index is 499. The molecule has 0 amide bonds. The van der Waals surface area contributed by atoms with Gasteiger partial charge < -0.3 is 5.73 Å². The Kier molecular flexibility index (Phi) is 1.37. The van der Waals surface area contributed by atoms with Crippen molar-refractivity contribution in [2.75, 3.05) is 5.73 Å². The third kappa shape index (κ3) is 0.999. The second-order valence-corrected chi connectivity index (χ2v) is 3.74. The molecule has 2 N–H and O–H groups in total. The van der Waals surface area contributed by atoms with E-state index in [1.807, 2.05) is 6.07 Å². The summed E-state index contributed by atoms with van der Waals surface area (Å²) in [5, 5.41) is 4.41. The molecule has 1 aromatic carbocycles. The van der Waals surface area contributed by atoms with E-state index < -0.39 is 5.95 Å². The van der Waals surface area contributed by atoms with Crippen LogP contribution in [0.5, 0.6) is 0 Å². The number of nitrogens with zero attached hydrogens (tertiary/aromatic N) is 2. The number of nitrogens with two attached hydrogens (primary N) is 1.